The molecule has 152 valence electrons. The number of aromatic nitrogens is 2. The number of anilines is 1. The van der Waals surface area contributed by atoms with Gasteiger partial charge in [0, 0.05) is 23.9 Å². The van der Waals surface area contributed by atoms with Crippen LogP contribution in [0.1, 0.15) is 41.5 Å². The first-order valence-corrected chi connectivity index (χ1v) is 9.37. The molecule has 1 aromatic carbocycles. The summed E-state index contributed by atoms with van der Waals surface area (Å²) < 4.78 is 6.88. The third-order valence-electron chi connectivity index (χ3n) is 4.44. The van der Waals surface area contributed by atoms with Crippen molar-refractivity contribution in [3.05, 3.63) is 36.7 Å². The molecule has 1 atom stereocenters. The van der Waals surface area contributed by atoms with Crippen molar-refractivity contribution < 1.29 is 18.9 Å². The van der Waals surface area contributed by atoms with E-state index in [1.165, 1.54) is 14.0 Å². The number of hydrogen-bond donors (Lipinski definition) is 3. The van der Waals surface area contributed by atoms with Crippen molar-refractivity contribution in [2.45, 2.75) is 52.7 Å². The number of hydrogen-bond acceptors (Lipinski definition) is 4. The van der Waals surface area contributed by atoms with Gasteiger partial charge in [0.2, 0.25) is 23.7 Å². The van der Waals surface area contributed by atoms with E-state index >= 15 is 0 Å². The van der Waals surface area contributed by atoms with Crippen molar-refractivity contribution in [3.63, 3.8) is 0 Å². The fraction of sp³-hybridized carbons (Fsp3) is 0.476. The number of methoxy groups -OCH3 is 1. The summed E-state index contributed by atoms with van der Waals surface area (Å²) in [6, 6.07) is 9.72. The van der Waals surface area contributed by atoms with Crippen molar-refractivity contribution in [2.24, 2.45) is 5.92 Å². The van der Waals surface area contributed by atoms with Gasteiger partial charge in [0.25, 0.3) is 5.66 Å². The molecule has 0 spiro atoms. The van der Waals surface area contributed by atoms with Gasteiger partial charge < -0.3 is 15.4 Å². The highest BCUT2D eigenvalue weighted by Crippen LogP contribution is 2.30. The van der Waals surface area contributed by atoms with E-state index < -0.39 is 11.6 Å². The Morgan fingerprint density at radius 2 is 1.75 bits per heavy atom. The summed E-state index contributed by atoms with van der Waals surface area (Å²) in [6.45, 7) is 11.3. The molecular weight excluding hydrogens is 356 g/mol. The van der Waals surface area contributed by atoms with Crippen LogP contribution in [0.3, 0.4) is 0 Å². The number of carbonyl (C=O) groups is 2. The maximum Gasteiger partial charge on any atom is 0.377 e. The molecule has 0 bridgehead atoms. The number of esters is 1. The molecule has 28 heavy (non-hydrogen) atoms. The van der Waals surface area contributed by atoms with Crippen molar-refractivity contribution in [2.75, 3.05) is 12.4 Å². The molecule has 1 heterocycles. The van der Waals surface area contributed by atoms with E-state index in [-0.39, 0.29) is 17.4 Å². The van der Waals surface area contributed by atoms with Crippen molar-refractivity contribution in [3.8, 4) is 11.3 Å². The summed E-state index contributed by atoms with van der Waals surface area (Å²) in [7, 11) is 1.32. The fourth-order valence-corrected chi connectivity index (χ4v) is 3.30. The zero-order chi connectivity index (χ0) is 21.1. The SMILES string of the molecule is COC(=O)[C@](NC(C)=O)(C(C)C)[n+]1c[nH]c(NC(C)(C)C)c1-c1ccccc1. The first-order chi connectivity index (χ1) is 13.0. The smallest absolute Gasteiger partial charge is 0.377 e. The predicted molar refractivity (Wildman–Crippen MR) is 108 cm³/mol. The van der Waals surface area contributed by atoms with Crippen LogP contribution in [0.15, 0.2) is 36.7 Å². The molecule has 0 aliphatic carbocycles. The monoisotopic (exact) mass is 387 g/mol. The summed E-state index contributed by atoms with van der Waals surface area (Å²) in [6.07, 6.45) is 1.70. The van der Waals surface area contributed by atoms with E-state index in [0.29, 0.717) is 0 Å². The number of imidazole rings is 1. The number of carbonyl (C=O) groups excluding carboxylic acids is 2. The van der Waals surface area contributed by atoms with Crippen LogP contribution in [0.2, 0.25) is 0 Å². The zero-order valence-electron chi connectivity index (χ0n) is 17.7. The average molecular weight is 388 g/mol. The van der Waals surface area contributed by atoms with E-state index in [1.807, 2.05) is 44.2 Å². The van der Waals surface area contributed by atoms with Gasteiger partial charge in [-0.15, -0.1) is 0 Å². The minimum Gasteiger partial charge on any atom is -0.464 e. The highest BCUT2D eigenvalue weighted by molar-refractivity contribution is 5.84. The number of H-pyrrole nitrogens is 1. The molecule has 0 fully saturated rings. The molecule has 7 nitrogen and oxygen atoms in total. The quantitative estimate of drug-likeness (QED) is 0.525. The summed E-state index contributed by atoms with van der Waals surface area (Å²) in [5.41, 5.74) is 0.0321. The third kappa shape index (κ3) is 4.18. The standard InChI is InChI=1S/C21H30N4O3/c1-14(2)21(19(27)28-7,23-15(3)26)25-13-22-18(24-20(4,5)6)17(25)16-11-9-8-10-12-16/h8-14,24H,1-7H3,(H,23,26)/p+1/t21-/m0/s1. The van der Waals surface area contributed by atoms with Gasteiger partial charge in [0.15, 0.2) is 0 Å². The Morgan fingerprint density at radius 1 is 1.14 bits per heavy atom. The van der Waals surface area contributed by atoms with Gasteiger partial charge >= 0.3 is 5.97 Å². The summed E-state index contributed by atoms with van der Waals surface area (Å²) >= 11 is 0. The maximum absolute atomic E-state index is 13.0. The van der Waals surface area contributed by atoms with Crippen LogP contribution in [0, 0.1) is 5.92 Å². The van der Waals surface area contributed by atoms with Gasteiger partial charge in [-0.05, 0) is 20.8 Å². The molecule has 3 N–H and O–H groups in total. The Morgan fingerprint density at radius 3 is 2.21 bits per heavy atom. The molecule has 7 heteroatoms. The first kappa shape index (κ1) is 21.5. The lowest BCUT2D eigenvalue weighted by atomic mass is 9.94. The van der Waals surface area contributed by atoms with Crippen LogP contribution >= 0.6 is 0 Å². The number of aromatic amines is 1. The van der Waals surface area contributed by atoms with Gasteiger partial charge in [-0.1, -0.05) is 44.2 Å². The van der Waals surface area contributed by atoms with Gasteiger partial charge in [-0.3, -0.25) is 4.79 Å². The molecule has 0 radical (unpaired) electrons. The van der Waals surface area contributed by atoms with Crippen LogP contribution in [0.4, 0.5) is 5.82 Å². The number of amides is 1. The van der Waals surface area contributed by atoms with Gasteiger partial charge in [-0.2, -0.15) is 4.57 Å². The molecule has 2 aromatic rings. The molecule has 1 amide bonds. The summed E-state index contributed by atoms with van der Waals surface area (Å²) in [5.74, 6) is -0.397. The average Bonchev–Trinajstić information content (AvgIpc) is 3.01. The zero-order valence-corrected chi connectivity index (χ0v) is 17.7. The lowest BCUT2D eigenvalue weighted by Crippen LogP contribution is -2.73. The number of benzene rings is 1. The predicted octanol–water partition coefficient (Wildman–Crippen LogP) is 2.80. The molecule has 1 aromatic heterocycles. The molecule has 0 saturated carbocycles. The van der Waals surface area contributed by atoms with Gasteiger partial charge in [0.1, 0.15) is 0 Å². The Labute approximate surface area is 166 Å². The second-order valence-corrected chi connectivity index (χ2v) is 8.20. The Balaban J connectivity index is 2.83. The minimum absolute atomic E-state index is 0.216. The molecular formula is C21H31N4O3+. The molecule has 0 aliphatic heterocycles. The number of nitrogens with one attached hydrogen (secondary N) is 3. The van der Waals surface area contributed by atoms with Crippen molar-refractivity contribution >= 4 is 17.7 Å². The minimum atomic E-state index is -1.40. The molecule has 0 saturated heterocycles. The van der Waals surface area contributed by atoms with E-state index in [9.17, 15) is 9.59 Å². The van der Waals surface area contributed by atoms with Gasteiger partial charge in [-0.25, -0.2) is 9.78 Å². The van der Waals surface area contributed by atoms with Crippen LogP contribution in [0.25, 0.3) is 11.3 Å². The molecule has 0 aliphatic rings. The molecule has 2 rings (SSSR count). The van der Waals surface area contributed by atoms with Crippen molar-refractivity contribution in [1.82, 2.24) is 10.3 Å². The number of rotatable bonds is 6. The van der Waals surface area contributed by atoms with Crippen LogP contribution in [-0.2, 0) is 20.0 Å². The van der Waals surface area contributed by atoms with E-state index in [2.05, 4.69) is 36.4 Å². The lowest BCUT2D eigenvalue weighted by Gasteiger charge is -2.33. The van der Waals surface area contributed by atoms with Crippen LogP contribution < -0.4 is 15.2 Å². The summed E-state index contributed by atoms with van der Waals surface area (Å²) in [5, 5.41) is 6.30. The summed E-state index contributed by atoms with van der Waals surface area (Å²) in [4.78, 5) is 28.3. The second-order valence-electron chi connectivity index (χ2n) is 8.20. The van der Waals surface area contributed by atoms with Crippen LogP contribution in [-0.4, -0.2) is 29.5 Å². The normalized spacial score (nSPS) is 13.7. The van der Waals surface area contributed by atoms with Gasteiger partial charge in [0.05, 0.1) is 7.11 Å². The van der Waals surface area contributed by atoms with E-state index in [4.69, 9.17) is 4.74 Å². The largest absolute Gasteiger partial charge is 0.464 e. The topological polar surface area (TPSA) is 87.1 Å². The second kappa shape index (κ2) is 8.04. The van der Waals surface area contributed by atoms with Crippen molar-refractivity contribution in [1.29, 1.82) is 0 Å². The van der Waals surface area contributed by atoms with E-state index in [1.54, 1.807) is 10.9 Å². The maximum atomic E-state index is 13.0. The number of nitrogens with zero attached hydrogens (tertiary/aromatic N) is 1. The highest BCUT2D eigenvalue weighted by Gasteiger charge is 2.52. The highest BCUT2D eigenvalue weighted by atomic mass is 16.5. The Bertz CT molecular complexity index is 837. The van der Waals surface area contributed by atoms with Crippen LogP contribution in [0.5, 0.6) is 0 Å². The third-order valence-corrected chi connectivity index (χ3v) is 4.44. The number of ether oxygens (including phenoxy) is 1. The first-order valence-electron chi connectivity index (χ1n) is 9.37. The molecule has 0 unspecified atom stereocenters. The Kier molecular flexibility index (Phi) is 6.17. The fourth-order valence-electron chi connectivity index (χ4n) is 3.30. The lowest BCUT2D eigenvalue weighted by molar-refractivity contribution is -0.751. The van der Waals surface area contributed by atoms with E-state index in [0.717, 1.165) is 17.1 Å². The Hall–Kier alpha value is -2.83.